The number of rotatable bonds is 5. The van der Waals surface area contributed by atoms with Crippen LogP contribution in [0.2, 0.25) is 0 Å². The summed E-state index contributed by atoms with van der Waals surface area (Å²) in [6.45, 7) is 10.8. The van der Waals surface area contributed by atoms with Crippen molar-refractivity contribution >= 4 is 27.5 Å². The molecule has 0 aliphatic carbocycles. The number of Topliss-reactive ketones (excluding diaryl/α,β-unsaturated/α-hetero) is 1. The Labute approximate surface area is 194 Å². The molecule has 0 bridgehead atoms. The third kappa shape index (κ3) is 5.19. The van der Waals surface area contributed by atoms with Crippen LogP contribution in [0, 0.1) is 5.41 Å². The fourth-order valence-electron chi connectivity index (χ4n) is 4.59. The highest BCUT2D eigenvalue weighted by atomic mass is 32.2. The van der Waals surface area contributed by atoms with Gasteiger partial charge >= 0.3 is 0 Å². The van der Waals surface area contributed by atoms with Crippen LogP contribution in [-0.4, -0.2) is 34.7 Å². The van der Waals surface area contributed by atoms with E-state index in [1.165, 1.54) is 5.39 Å². The molecule has 1 heterocycles. The van der Waals surface area contributed by atoms with E-state index in [1.807, 2.05) is 48.5 Å². The average Bonchev–Trinajstić information content (AvgIpc) is 2.72. The highest BCUT2D eigenvalue weighted by Gasteiger charge is 2.48. The minimum atomic E-state index is -0.1000. The predicted molar refractivity (Wildman–Crippen MR) is 135 cm³/mol. The molecular formula is C28H33O3S+. The van der Waals surface area contributed by atoms with Crippen molar-refractivity contribution in [2.75, 3.05) is 11.5 Å². The molecule has 0 aromatic heterocycles. The molecule has 3 unspecified atom stereocenters. The first kappa shape index (κ1) is 22.9. The Kier molecular flexibility index (Phi) is 6.64. The quantitative estimate of drug-likeness (QED) is 0.323. The molecule has 3 aromatic carbocycles. The lowest BCUT2D eigenvalue weighted by Gasteiger charge is -2.34. The van der Waals surface area contributed by atoms with Crippen LogP contribution in [0.1, 0.15) is 45.0 Å². The normalized spacial score (nSPS) is 22.5. The number of benzene rings is 3. The highest BCUT2D eigenvalue weighted by Crippen LogP contribution is 2.34. The molecule has 3 atom stereocenters. The van der Waals surface area contributed by atoms with Crippen LogP contribution in [0.5, 0.6) is 11.5 Å². The molecule has 1 aliphatic rings. The summed E-state index contributed by atoms with van der Waals surface area (Å²) in [7, 11) is 0.00119. The van der Waals surface area contributed by atoms with Crippen molar-refractivity contribution in [2.24, 2.45) is 5.41 Å². The number of hydrogen-bond donors (Lipinski definition) is 0. The molecule has 3 nitrogen and oxygen atoms in total. The lowest BCUT2D eigenvalue weighted by atomic mass is 9.87. The van der Waals surface area contributed by atoms with Gasteiger partial charge in [-0.15, -0.1) is 0 Å². The van der Waals surface area contributed by atoms with Gasteiger partial charge < -0.3 is 9.47 Å². The van der Waals surface area contributed by atoms with Crippen LogP contribution in [0.4, 0.5) is 0 Å². The smallest absolute Gasteiger partial charge is 0.215 e. The van der Waals surface area contributed by atoms with Gasteiger partial charge in [0.25, 0.3) is 0 Å². The summed E-state index contributed by atoms with van der Waals surface area (Å²) < 4.78 is 12.0. The SMILES string of the molecule is CC1C[S+](C(C(=O)c2ccc(Oc3ccc4ccccc4c3)cc2)C(C)(C)C)CC(C)O1. The zero-order chi connectivity index (χ0) is 22.9. The maximum atomic E-state index is 13.6. The maximum absolute atomic E-state index is 13.6. The highest BCUT2D eigenvalue weighted by molar-refractivity contribution is 7.98. The van der Waals surface area contributed by atoms with Crippen molar-refractivity contribution in [1.29, 1.82) is 0 Å². The van der Waals surface area contributed by atoms with Crippen LogP contribution < -0.4 is 4.74 Å². The Balaban J connectivity index is 1.52. The molecule has 1 fully saturated rings. The van der Waals surface area contributed by atoms with E-state index < -0.39 is 0 Å². The number of carbonyl (C=O) groups is 1. The van der Waals surface area contributed by atoms with Gasteiger partial charge in [0.2, 0.25) is 5.78 Å². The fraction of sp³-hybridized carbons (Fsp3) is 0.393. The van der Waals surface area contributed by atoms with Gasteiger partial charge in [0.1, 0.15) is 23.0 Å². The van der Waals surface area contributed by atoms with Gasteiger partial charge in [0.15, 0.2) is 5.25 Å². The van der Waals surface area contributed by atoms with Crippen LogP contribution >= 0.6 is 0 Å². The Hall–Kier alpha value is -2.30. The van der Waals surface area contributed by atoms with Crippen LogP contribution in [0.25, 0.3) is 10.8 Å². The first-order valence-corrected chi connectivity index (χ1v) is 13.0. The summed E-state index contributed by atoms with van der Waals surface area (Å²) in [5, 5.41) is 2.32. The first-order valence-electron chi connectivity index (χ1n) is 11.3. The van der Waals surface area contributed by atoms with E-state index in [0.717, 1.165) is 34.0 Å². The molecule has 32 heavy (non-hydrogen) atoms. The Morgan fingerprint density at radius 3 is 2.12 bits per heavy atom. The largest absolute Gasteiger partial charge is 0.457 e. The number of hydrogen-bond acceptors (Lipinski definition) is 3. The minimum Gasteiger partial charge on any atom is -0.457 e. The summed E-state index contributed by atoms with van der Waals surface area (Å²) in [5.41, 5.74) is 0.659. The second-order valence-electron chi connectivity index (χ2n) is 9.87. The molecule has 0 spiro atoms. The summed E-state index contributed by atoms with van der Waals surface area (Å²) in [5.74, 6) is 3.68. The van der Waals surface area contributed by atoms with Gasteiger partial charge in [-0.1, -0.05) is 51.1 Å². The number of ether oxygens (including phenoxy) is 2. The maximum Gasteiger partial charge on any atom is 0.215 e. The average molecular weight is 450 g/mol. The summed E-state index contributed by atoms with van der Waals surface area (Å²) in [4.78, 5) is 13.6. The third-order valence-corrected chi connectivity index (χ3v) is 9.20. The number of fused-ring (bicyclic) bond motifs is 1. The molecule has 4 heteroatoms. The van der Waals surface area contributed by atoms with Gasteiger partial charge in [-0.05, 0) is 61.0 Å². The molecule has 0 saturated carbocycles. The topological polar surface area (TPSA) is 35.5 Å². The molecule has 4 rings (SSSR count). The van der Waals surface area contributed by atoms with E-state index in [1.54, 1.807) is 0 Å². The summed E-state index contributed by atoms with van der Waals surface area (Å²) >= 11 is 0. The zero-order valence-corrected chi connectivity index (χ0v) is 20.4. The second kappa shape index (κ2) is 9.29. The van der Waals surface area contributed by atoms with E-state index in [-0.39, 0.29) is 39.6 Å². The van der Waals surface area contributed by atoms with Crippen molar-refractivity contribution in [3.63, 3.8) is 0 Å². The minimum absolute atomic E-state index is 0.00119. The van der Waals surface area contributed by atoms with Gasteiger partial charge in [0.05, 0.1) is 12.2 Å². The molecule has 168 valence electrons. The van der Waals surface area contributed by atoms with Crippen molar-refractivity contribution in [3.05, 3.63) is 72.3 Å². The number of carbonyl (C=O) groups excluding carboxylic acids is 1. The molecule has 0 radical (unpaired) electrons. The van der Waals surface area contributed by atoms with Crippen LogP contribution in [0.3, 0.4) is 0 Å². The molecule has 0 amide bonds. The Morgan fingerprint density at radius 1 is 0.906 bits per heavy atom. The molecule has 0 N–H and O–H groups in total. The van der Waals surface area contributed by atoms with Gasteiger partial charge in [-0.3, -0.25) is 4.79 Å². The van der Waals surface area contributed by atoms with E-state index in [2.05, 4.69) is 52.8 Å². The third-order valence-electron chi connectivity index (χ3n) is 5.82. The molecule has 1 saturated heterocycles. The van der Waals surface area contributed by atoms with Gasteiger partial charge in [0, 0.05) is 21.9 Å². The van der Waals surface area contributed by atoms with Crippen molar-refractivity contribution < 1.29 is 14.3 Å². The summed E-state index contributed by atoms with van der Waals surface area (Å²) in [6.07, 6.45) is 0.412. The number of ketones is 1. The van der Waals surface area contributed by atoms with Crippen LogP contribution in [-0.2, 0) is 15.6 Å². The van der Waals surface area contributed by atoms with Crippen molar-refractivity contribution in [3.8, 4) is 11.5 Å². The fourth-order valence-corrected chi connectivity index (χ4v) is 7.91. The molecular weight excluding hydrogens is 416 g/mol. The monoisotopic (exact) mass is 449 g/mol. The lowest BCUT2D eigenvalue weighted by Crippen LogP contribution is -2.51. The zero-order valence-electron chi connectivity index (χ0n) is 19.6. The summed E-state index contributed by atoms with van der Waals surface area (Å²) in [6, 6.07) is 21.9. The van der Waals surface area contributed by atoms with Gasteiger partial charge in [-0.2, -0.15) is 0 Å². The standard InChI is InChI=1S/C28H33O3S/c1-19-17-32(18-20(2)30-19)27(28(3,4)5)26(29)22-11-13-24(14-12-22)31-25-15-10-21-8-6-7-9-23(21)16-25/h6-16,19-20,27H,17-18H2,1-5H3/q+1. The Bertz CT molecular complexity index is 1070. The molecule has 3 aromatic rings. The van der Waals surface area contributed by atoms with E-state index in [0.29, 0.717) is 0 Å². The second-order valence-corrected chi connectivity index (χ2v) is 12.1. The van der Waals surface area contributed by atoms with E-state index >= 15 is 0 Å². The van der Waals surface area contributed by atoms with Crippen molar-refractivity contribution in [2.45, 2.75) is 52.1 Å². The molecule has 1 aliphatic heterocycles. The lowest BCUT2D eigenvalue weighted by molar-refractivity contribution is 0.0273. The Morgan fingerprint density at radius 2 is 1.50 bits per heavy atom. The van der Waals surface area contributed by atoms with Crippen LogP contribution in [0.15, 0.2) is 66.7 Å². The van der Waals surface area contributed by atoms with Gasteiger partial charge in [-0.25, -0.2) is 0 Å². The van der Waals surface area contributed by atoms with Crippen molar-refractivity contribution in [1.82, 2.24) is 0 Å². The predicted octanol–water partition coefficient (Wildman–Crippen LogP) is 6.66. The first-order chi connectivity index (χ1) is 15.2. The van der Waals surface area contributed by atoms with E-state index in [9.17, 15) is 4.79 Å². The van der Waals surface area contributed by atoms with E-state index in [4.69, 9.17) is 9.47 Å².